The number of benzene rings is 3. The fourth-order valence-corrected chi connectivity index (χ4v) is 10.7. The van der Waals surface area contributed by atoms with Crippen LogP contribution in [0, 0.1) is 6.92 Å². The number of anilines is 2. The molecular weight excluding hydrogens is 803 g/mol. The Kier molecular flexibility index (Phi) is 10.6. The second-order valence-electron chi connectivity index (χ2n) is 15.5. The molecule has 0 N–H and O–H groups in total. The SMILES string of the molecule is Cc1ccc(S(=O)(=O)[N+](C)=C2C(=CC=C3N(C)c4ccc(S(=O)(=O)C(F)F)cc4C3(C)C)CCC2=CC=C2N(C)c3ccc(S(=O)(=O)C(F)F)cc3C2(C)C)cc1. The molecule has 0 aromatic heterocycles. The number of halogens is 4. The first-order chi connectivity index (χ1) is 26.4. The monoisotopic (exact) mass is 846 g/mol. The Bertz CT molecular complexity index is 2540. The molecule has 0 saturated heterocycles. The van der Waals surface area contributed by atoms with Crippen LogP contribution in [-0.4, -0.2) is 67.6 Å². The number of nitrogens with zero attached hydrogens (tertiary/aromatic N) is 3. The van der Waals surface area contributed by atoms with Crippen molar-refractivity contribution in [1.82, 2.24) is 0 Å². The van der Waals surface area contributed by atoms with Crippen LogP contribution in [0.4, 0.5) is 28.9 Å². The van der Waals surface area contributed by atoms with Crippen molar-refractivity contribution in [3.05, 3.63) is 124 Å². The minimum absolute atomic E-state index is 0.0914. The van der Waals surface area contributed by atoms with E-state index in [2.05, 4.69) is 0 Å². The van der Waals surface area contributed by atoms with Crippen LogP contribution in [0.5, 0.6) is 0 Å². The molecule has 2 aliphatic heterocycles. The van der Waals surface area contributed by atoms with Crippen molar-refractivity contribution in [3.63, 3.8) is 0 Å². The Morgan fingerprint density at radius 1 is 0.614 bits per heavy atom. The van der Waals surface area contributed by atoms with Gasteiger partial charge in [-0.3, -0.25) is 0 Å². The van der Waals surface area contributed by atoms with E-state index < -0.39 is 61.8 Å². The molecule has 57 heavy (non-hydrogen) atoms. The van der Waals surface area contributed by atoms with Gasteiger partial charge in [0.2, 0.25) is 25.4 Å². The number of alkyl halides is 4. The molecule has 1 aliphatic carbocycles. The van der Waals surface area contributed by atoms with Gasteiger partial charge < -0.3 is 9.80 Å². The molecule has 0 amide bonds. The number of aryl methyl sites for hydroxylation is 1. The van der Waals surface area contributed by atoms with Crippen LogP contribution in [0.15, 0.2) is 122 Å². The zero-order chi connectivity index (χ0) is 42.2. The van der Waals surface area contributed by atoms with Crippen LogP contribution in [0.3, 0.4) is 0 Å². The molecule has 0 unspecified atom stereocenters. The van der Waals surface area contributed by atoms with Crippen molar-refractivity contribution >= 4 is 46.8 Å². The quantitative estimate of drug-likeness (QED) is 0.166. The maximum absolute atomic E-state index is 14.2. The molecule has 6 rings (SSSR count). The van der Waals surface area contributed by atoms with Crippen LogP contribution in [0.1, 0.15) is 57.2 Å². The molecular formula is C41H44F4N3O6S3+. The van der Waals surface area contributed by atoms with E-state index >= 15 is 0 Å². The van der Waals surface area contributed by atoms with Crippen LogP contribution < -0.4 is 9.80 Å². The van der Waals surface area contributed by atoms with Gasteiger partial charge in [-0.05, 0) is 91.6 Å². The fraction of sp³-hybridized carbons (Fsp3) is 0.341. The van der Waals surface area contributed by atoms with Gasteiger partial charge in [-0.1, -0.05) is 57.5 Å². The Morgan fingerprint density at radius 3 is 1.35 bits per heavy atom. The Balaban J connectivity index is 1.47. The van der Waals surface area contributed by atoms with Crippen LogP contribution >= 0.6 is 0 Å². The molecule has 1 saturated carbocycles. The summed E-state index contributed by atoms with van der Waals surface area (Å²) in [5.74, 6) is -7.14. The van der Waals surface area contributed by atoms with Gasteiger partial charge in [0.05, 0.1) is 9.79 Å². The van der Waals surface area contributed by atoms with Gasteiger partial charge in [-0.25, -0.2) is 16.8 Å². The van der Waals surface area contributed by atoms with E-state index in [-0.39, 0.29) is 4.90 Å². The van der Waals surface area contributed by atoms with Gasteiger partial charge in [-0.15, -0.1) is 3.98 Å². The van der Waals surface area contributed by atoms with E-state index in [0.717, 1.165) is 17.0 Å². The summed E-state index contributed by atoms with van der Waals surface area (Å²) in [5.41, 5.74) is 4.87. The summed E-state index contributed by atoms with van der Waals surface area (Å²) in [6, 6.07) is 14.4. The standard InChI is InChI=1S/C41H44F4N3O6S3/c1-25-9-15-28(16-10-25)57(53,54)48(8)37-26(13-21-35-40(2,3)31-23-29(55(49,50)38(42)43)17-19-33(31)46(35)6)11-12-27(37)14-22-36-41(4,5)32-24-30(56(51,52)39(44)45)18-20-34(32)47(36)7/h9-10,13-24,38-39H,11-12H2,1-8H3/q+1. The summed E-state index contributed by atoms with van der Waals surface area (Å²) in [7, 11) is -8.69. The summed E-state index contributed by atoms with van der Waals surface area (Å²) >= 11 is 0. The lowest BCUT2D eigenvalue weighted by atomic mass is 9.83. The number of sulfonamides is 1. The lowest BCUT2D eigenvalue weighted by molar-refractivity contribution is -0.325. The van der Waals surface area contributed by atoms with E-state index in [1.807, 2.05) is 68.7 Å². The Morgan fingerprint density at radius 2 is 0.982 bits per heavy atom. The number of fused-ring (bicyclic) bond motifs is 2. The molecule has 3 aliphatic rings. The number of hydrogen-bond donors (Lipinski definition) is 0. The number of sulfone groups is 2. The topological polar surface area (TPSA) is 112 Å². The largest absolute Gasteiger partial charge is 0.395 e. The van der Waals surface area contributed by atoms with Crippen LogP contribution in [0.2, 0.25) is 0 Å². The molecule has 0 radical (unpaired) electrons. The molecule has 9 nitrogen and oxygen atoms in total. The first-order valence-corrected chi connectivity index (χ1v) is 22.5. The second-order valence-corrected chi connectivity index (χ2v) is 21.3. The molecule has 304 valence electrons. The average molecular weight is 847 g/mol. The van der Waals surface area contributed by atoms with E-state index in [1.54, 1.807) is 38.4 Å². The van der Waals surface area contributed by atoms with Crippen molar-refractivity contribution in [2.75, 3.05) is 30.9 Å². The van der Waals surface area contributed by atoms with Crippen LogP contribution in [-0.2, 0) is 40.5 Å². The summed E-state index contributed by atoms with van der Waals surface area (Å²) < 4.78 is 133. The molecule has 0 bridgehead atoms. The highest BCUT2D eigenvalue weighted by molar-refractivity contribution is 7.92. The first-order valence-electron chi connectivity index (χ1n) is 17.9. The fourth-order valence-electron chi connectivity index (χ4n) is 7.98. The predicted molar refractivity (Wildman–Crippen MR) is 213 cm³/mol. The van der Waals surface area contributed by atoms with Gasteiger partial charge in [0.25, 0.3) is 0 Å². The highest BCUT2D eigenvalue weighted by Crippen LogP contribution is 2.49. The molecule has 3 aromatic carbocycles. The third kappa shape index (κ3) is 6.96. The third-order valence-electron chi connectivity index (χ3n) is 11.3. The molecule has 2 heterocycles. The summed E-state index contributed by atoms with van der Waals surface area (Å²) in [6.45, 7) is 9.27. The minimum atomic E-state index is -4.83. The molecule has 1 fully saturated rings. The molecule has 0 atom stereocenters. The number of allylic oxidation sites excluding steroid dienone is 8. The van der Waals surface area contributed by atoms with Crippen molar-refractivity contribution in [2.24, 2.45) is 0 Å². The zero-order valence-electron chi connectivity index (χ0n) is 32.7. The number of rotatable bonds is 8. The van der Waals surface area contributed by atoms with Gasteiger partial charge in [0, 0.05) is 58.8 Å². The second kappa shape index (κ2) is 14.4. The van der Waals surface area contributed by atoms with Crippen molar-refractivity contribution in [3.8, 4) is 0 Å². The van der Waals surface area contributed by atoms with Gasteiger partial charge >= 0.3 is 21.5 Å². The summed E-state index contributed by atoms with van der Waals surface area (Å²) in [5, 5.41) is 0. The Labute approximate surface area is 331 Å². The normalized spacial score (nSPS) is 20.8. The van der Waals surface area contributed by atoms with E-state index in [4.69, 9.17) is 0 Å². The zero-order valence-corrected chi connectivity index (χ0v) is 35.1. The minimum Gasteiger partial charge on any atom is -0.347 e. The van der Waals surface area contributed by atoms with Gasteiger partial charge in [0.1, 0.15) is 4.90 Å². The molecule has 16 heteroatoms. The van der Waals surface area contributed by atoms with E-state index in [1.165, 1.54) is 47.4 Å². The predicted octanol–water partition coefficient (Wildman–Crippen LogP) is 8.03. The van der Waals surface area contributed by atoms with Gasteiger partial charge in [-0.2, -0.15) is 26.0 Å². The maximum Gasteiger partial charge on any atom is 0.395 e. The Hall–Kier alpha value is -4.54. The van der Waals surface area contributed by atoms with Crippen LogP contribution in [0.25, 0.3) is 0 Å². The molecule has 3 aromatic rings. The first kappa shape index (κ1) is 42.1. The van der Waals surface area contributed by atoms with E-state index in [9.17, 15) is 42.8 Å². The summed E-state index contributed by atoms with van der Waals surface area (Å²) in [4.78, 5) is 2.83. The number of hydrogen-bond acceptors (Lipinski definition) is 8. The van der Waals surface area contributed by atoms with Crippen molar-refractivity contribution in [2.45, 2.75) is 84.5 Å². The summed E-state index contributed by atoms with van der Waals surface area (Å²) in [6.07, 6.45) is 8.22. The third-order valence-corrected chi connectivity index (χ3v) is 15.8. The molecule has 0 spiro atoms. The van der Waals surface area contributed by atoms with Crippen molar-refractivity contribution in [1.29, 1.82) is 0 Å². The van der Waals surface area contributed by atoms with Gasteiger partial charge in [0.15, 0.2) is 7.05 Å². The highest BCUT2D eigenvalue weighted by Gasteiger charge is 2.42. The lowest BCUT2D eigenvalue weighted by Gasteiger charge is -2.24. The average Bonchev–Trinajstić information content (AvgIpc) is 3.70. The van der Waals surface area contributed by atoms with Crippen molar-refractivity contribution < 1.29 is 46.8 Å². The number of likely N-dealkylation sites (N-methyl/N-ethyl adjacent to an activating group) is 2. The lowest BCUT2D eigenvalue weighted by Crippen LogP contribution is -2.26. The smallest absolute Gasteiger partial charge is 0.347 e. The van der Waals surface area contributed by atoms with E-state index in [0.29, 0.717) is 52.2 Å². The maximum atomic E-state index is 14.2. The highest BCUT2D eigenvalue weighted by atomic mass is 32.2.